The molecule has 0 aliphatic carbocycles. The van der Waals surface area contributed by atoms with E-state index < -0.39 is 18.5 Å². The molecular formula is C9H7F2N3O3. The van der Waals surface area contributed by atoms with Crippen LogP contribution in [0.25, 0.3) is 0 Å². The van der Waals surface area contributed by atoms with Gasteiger partial charge in [0.15, 0.2) is 5.75 Å². The summed E-state index contributed by atoms with van der Waals surface area (Å²) >= 11 is 0. The van der Waals surface area contributed by atoms with Gasteiger partial charge in [0.1, 0.15) is 11.8 Å². The van der Waals surface area contributed by atoms with Crippen molar-refractivity contribution in [1.82, 2.24) is 0 Å². The number of amides is 1. The number of primary amides is 1. The van der Waals surface area contributed by atoms with Gasteiger partial charge in [0.05, 0.1) is 11.3 Å². The molecule has 0 spiro atoms. The van der Waals surface area contributed by atoms with E-state index in [0.29, 0.717) is 0 Å². The highest BCUT2D eigenvalue weighted by Crippen LogP contribution is 2.31. The molecule has 0 radical (unpaired) electrons. The van der Waals surface area contributed by atoms with Gasteiger partial charge >= 0.3 is 12.7 Å². The lowest BCUT2D eigenvalue weighted by Gasteiger charge is -2.10. The maximum absolute atomic E-state index is 12.0. The van der Waals surface area contributed by atoms with Gasteiger partial charge in [-0.15, -0.1) is 0 Å². The zero-order valence-corrected chi connectivity index (χ0v) is 8.31. The summed E-state index contributed by atoms with van der Waals surface area (Å²) in [6.07, 6.45) is -1.16. The lowest BCUT2D eigenvalue weighted by Crippen LogP contribution is -2.17. The van der Waals surface area contributed by atoms with Crippen molar-refractivity contribution >= 4 is 11.8 Å². The SMILES string of the molecule is N#Cc1cc(N)c(OC(N)=O)cc1OC(F)F. The Morgan fingerprint density at radius 3 is 2.53 bits per heavy atom. The Bertz CT molecular complexity index is 485. The van der Waals surface area contributed by atoms with E-state index in [4.69, 9.17) is 16.7 Å². The van der Waals surface area contributed by atoms with E-state index in [1.807, 2.05) is 0 Å². The van der Waals surface area contributed by atoms with E-state index in [9.17, 15) is 13.6 Å². The number of nitrogen functional groups attached to an aromatic ring is 1. The van der Waals surface area contributed by atoms with Crippen LogP contribution in [-0.4, -0.2) is 12.7 Å². The Morgan fingerprint density at radius 2 is 2.06 bits per heavy atom. The van der Waals surface area contributed by atoms with Crippen molar-refractivity contribution in [3.63, 3.8) is 0 Å². The smallest absolute Gasteiger partial charge is 0.410 e. The standard InChI is InChI=1S/C9H7F2N3O3/c10-8(11)16-6-2-7(17-9(14)15)5(13)1-4(6)3-12/h1-2,8H,13H2,(H2,14,15). The minimum Gasteiger partial charge on any atom is -0.433 e. The Kier molecular flexibility index (Phi) is 3.66. The highest BCUT2D eigenvalue weighted by molar-refractivity contribution is 5.72. The maximum Gasteiger partial charge on any atom is 0.410 e. The summed E-state index contributed by atoms with van der Waals surface area (Å²) in [5, 5.41) is 8.67. The number of hydrogen-bond donors (Lipinski definition) is 2. The summed E-state index contributed by atoms with van der Waals surface area (Å²) in [5.41, 5.74) is 9.86. The van der Waals surface area contributed by atoms with Crippen LogP contribution in [0.15, 0.2) is 12.1 Å². The second kappa shape index (κ2) is 4.98. The summed E-state index contributed by atoms with van der Waals surface area (Å²) < 4.78 is 32.6. The average Bonchev–Trinajstić information content (AvgIpc) is 2.21. The molecule has 1 rings (SSSR count). The van der Waals surface area contributed by atoms with E-state index in [1.54, 1.807) is 6.07 Å². The number of rotatable bonds is 3. The summed E-state index contributed by atoms with van der Waals surface area (Å²) in [6.45, 7) is -3.12. The fraction of sp³-hybridized carbons (Fsp3) is 0.111. The molecule has 90 valence electrons. The summed E-state index contributed by atoms with van der Waals surface area (Å²) in [5.74, 6) is -0.708. The zero-order valence-electron chi connectivity index (χ0n) is 8.31. The Hall–Kier alpha value is -2.56. The maximum atomic E-state index is 12.0. The molecule has 1 aromatic rings. The molecule has 0 aliphatic rings. The second-order valence-electron chi connectivity index (χ2n) is 2.80. The molecule has 0 aliphatic heterocycles. The van der Waals surface area contributed by atoms with Gasteiger partial charge in [-0.3, -0.25) is 0 Å². The lowest BCUT2D eigenvalue weighted by molar-refractivity contribution is -0.0500. The minimum atomic E-state index is -3.12. The number of hydrogen-bond acceptors (Lipinski definition) is 5. The molecule has 1 amide bonds. The first-order valence-electron chi connectivity index (χ1n) is 4.19. The molecule has 0 atom stereocenters. The molecular weight excluding hydrogens is 236 g/mol. The number of nitrogens with zero attached hydrogens (tertiary/aromatic N) is 1. The Labute approximate surface area is 94.3 Å². The number of alkyl halides is 2. The number of carbonyl (C=O) groups is 1. The second-order valence-corrected chi connectivity index (χ2v) is 2.80. The van der Waals surface area contributed by atoms with Crippen LogP contribution in [-0.2, 0) is 0 Å². The first-order chi connectivity index (χ1) is 7.93. The zero-order chi connectivity index (χ0) is 13.0. The van der Waals surface area contributed by atoms with Gasteiger partial charge in [-0.2, -0.15) is 14.0 Å². The molecule has 0 aromatic heterocycles. The van der Waals surface area contributed by atoms with E-state index >= 15 is 0 Å². The van der Waals surface area contributed by atoms with E-state index in [2.05, 4.69) is 9.47 Å². The molecule has 0 fully saturated rings. The molecule has 0 unspecified atom stereocenters. The fourth-order valence-electron chi connectivity index (χ4n) is 1.06. The van der Waals surface area contributed by atoms with Crippen molar-refractivity contribution in [2.24, 2.45) is 5.73 Å². The third-order valence-electron chi connectivity index (χ3n) is 1.66. The lowest BCUT2D eigenvalue weighted by atomic mass is 10.2. The minimum absolute atomic E-state index is 0.0954. The van der Waals surface area contributed by atoms with Crippen molar-refractivity contribution in [3.8, 4) is 17.6 Å². The monoisotopic (exact) mass is 243 g/mol. The summed E-state index contributed by atoms with van der Waals surface area (Å²) in [4.78, 5) is 10.5. The van der Waals surface area contributed by atoms with Gasteiger partial charge in [0, 0.05) is 6.07 Å². The predicted molar refractivity (Wildman–Crippen MR) is 52.4 cm³/mol. The number of anilines is 1. The van der Waals surface area contributed by atoms with Crippen molar-refractivity contribution in [3.05, 3.63) is 17.7 Å². The van der Waals surface area contributed by atoms with Crippen molar-refractivity contribution in [2.45, 2.75) is 6.61 Å². The average molecular weight is 243 g/mol. The van der Waals surface area contributed by atoms with E-state index in [1.165, 1.54) is 0 Å². The van der Waals surface area contributed by atoms with Crippen LogP contribution in [0.2, 0.25) is 0 Å². The number of nitrogens with two attached hydrogens (primary N) is 2. The highest BCUT2D eigenvalue weighted by atomic mass is 19.3. The summed E-state index contributed by atoms with van der Waals surface area (Å²) in [7, 11) is 0. The van der Waals surface area contributed by atoms with Crippen molar-refractivity contribution in [2.75, 3.05) is 5.73 Å². The van der Waals surface area contributed by atoms with Gasteiger partial charge < -0.3 is 20.9 Å². The molecule has 0 heterocycles. The van der Waals surface area contributed by atoms with Crippen LogP contribution in [0.1, 0.15) is 5.56 Å². The molecule has 6 nitrogen and oxygen atoms in total. The van der Waals surface area contributed by atoms with E-state index in [-0.39, 0.29) is 17.0 Å². The van der Waals surface area contributed by atoms with Crippen molar-refractivity contribution < 1.29 is 23.0 Å². The molecule has 8 heteroatoms. The summed E-state index contributed by atoms with van der Waals surface area (Å²) in [6, 6.07) is 3.54. The van der Waals surface area contributed by atoms with Gasteiger partial charge in [-0.05, 0) is 6.07 Å². The fourth-order valence-corrected chi connectivity index (χ4v) is 1.06. The van der Waals surface area contributed by atoms with E-state index in [0.717, 1.165) is 12.1 Å². The number of nitriles is 1. The van der Waals surface area contributed by atoms with Gasteiger partial charge in [-0.1, -0.05) is 0 Å². The Balaban J connectivity index is 3.18. The van der Waals surface area contributed by atoms with Gasteiger partial charge in [0.2, 0.25) is 0 Å². The number of carbonyl (C=O) groups excluding carboxylic acids is 1. The normalized spacial score (nSPS) is 9.76. The molecule has 0 saturated heterocycles. The van der Waals surface area contributed by atoms with Crippen LogP contribution >= 0.6 is 0 Å². The van der Waals surface area contributed by atoms with Crippen LogP contribution < -0.4 is 20.9 Å². The van der Waals surface area contributed by atoms with Crippen LogP contribution in [0.4, 0.5) is 19.3 Å². The quantitative estimate of drug-likeness (QED) is 0.774. The Morgan fingerprint density at radius 1 is 1.41 bits per heavy atom. The molecule has 0 bridgehead atoms. The molecule has 4 N–H and O–H groups in total. The first-order valence-corrected chi connectivity index (χ1v) is 4.19. The molecule has 0 saturated carbocycles. The highest BCUT2D eigenvalue weighted by Gasteiger charge is 2.15. The topological polar surface area (TPSA) is 111 Å². The largest absolute Gasteiger partial charge is 0.433 e. The van der Waals surface area contributed by atoms with Crippen LogP contribution in [0.5, 0.6) is 11.5 Å². The third kappa shape index (κ3) is 3.20. The predicted octanol–water partition coefficient (Wildman–Crippen LogP) is 1.20. The third-order valence-corrected chi connectivity index (χ3v) is 1.66. The van der Waals surface area contributed by atoms with Gasteiger partial charge in [0.25, 0.3) is 0 Å². The van der Waals surface area contributed by atoms with Crippen LogP contribution in [0, 0.1) is 11.3 Å². The van der Waals surface area contributed by atoms with Gasteiger partial charge in [-0.25, -0.2) is 4.79 Å². The molecule has 1 aromatic carbocycles. The number of ether oxygens (including phenoxy) is 2. The molecule has 17 heavy (non-hydrogen) atoms. The first kappa shape index (κ1) is 12.5. The number of halogens is 2. The van der Waals surface area contributed by atoms with Crippen LogP contribution in [0.3, 0.4) is 0 Å². The van der Waals surface area contributed by atoms with Crippen molar-refractivity contribution in [1.29, 1.82) is 5.26 Å². The number of benzene rings is 1.